The fourth-order valence-electron chi connectivity index (χ4n) is 4.30. The van der Waals surface area contributed by atoms with Crippen LogP contribution >= 0.6 is 23.2 Å². The molecule has 0 aliphatic heterocycles. The highest BCUT2D eigenvalue weighted by Crippen LogP contribution is 2.40. The van der Waals surface area contributed by atoms with Crippen LogP contribution in [0.4, 0.5) is 18.9 Å². The number of anilines is 1. The molecule has 0 fully saturated rings. The first-order valence-electron chi connectivity index (χ1n) is 12.9. The van der Waals surface area contributed by atoms with Gasteiger partial charge in [0.2, 0.25) is 5.78 Å². The molecule has 0 saturated heterocycles. The molecule has 4 rings (SSSR count). The Morgan fingerprint density at radius 2 is 1.72 bits per heavy atom. The number of benzene rings is 1. The average molecular weight is 674 g/mol. The van der Waals surface area contributed by atoms with Gasteiger partial charge in [0.25, 0.3) is 10.0 Å². The van der Waals surface area contributed by atoms with E-state index in [1.807, 2.05) is 6.20 Å². The number of ketones is 1. The molecule has 1 aromatic carbocycles. The van der Waals surface area contributed by atoms with Crippen LogP contribution in [0.25, 0.3) is 11.0 Å². The number of halogens is 5. The van der Waals surface area contributed by atoms with Crippen LogP contribution in [-0.2, 0) is 20.9 Å². The van der Waals surface area contributed by atoms with Crippen molar-refractivity contribution in [2.24, 2.45) is 0 Å². The Labute approximate surface area is 258 Å². The Kier molecular flexibility index (Phi) is 8.81. The number of alkyl halides is 3. The maximum absolute atomic E-state index is 14.1. The third-order valence-electron chi connectivity index (χ3n) is 7.67. The number of hydrogen-bond donors (Lipinski definition) is 0. The first-order valence-corrected chi connectivity index (χ1v) is 18.0. The van der Waals surface area contributed by atoms with Crippen LogP contribution in [0.3, 0.4) is 0 Å². The Morgan fingerprint density at radius 1 is 1.05 bits per heavy atom. The predicted octanol–water partition coefficient (Wildman–Crippen LogP) is 7.64. The molecular weight excluding hydrogens is 644 g/mol. The molecule has 15 heteroatoms. The number of aromatic nitrogens is 3. The van der Waals surface area contributed by atoms with Crippen molar-refractivity contribution in [1.82, 2.24) is 14.2 Å². The number of carbonyl (C=O) groups is 1. The summed E-state index contributed by atoms with van der Waals surface area (Å²) in [6.45, 7) is 9.95. The molecule has 0 aliphatic rings. The Bertz CT molecular complexity index is 1820. The van der Waals surface area contributed by atoms with Gasteiger partial charge in [-0.25, -0.2) is 22.7 Å². The molecule has 43 heavy (non-hydrogen) atoms. The van der Waals surface area contributed by atoms with E-state index in [1.165, 1.54) is 18.3 Å². The highest BCUT2D eigenvalue weighted by atomic mass is 35.5. The molecule has 230 valence electrons. The topological polar surface area (TPSA) is 94.4 Å². The van der Waals surface area contributed by atoms with Gasteiger partial charge in [-0.15, -0.1) is 0 Å². The van der Waals surface area contributed by atoms with Gasteiger partial charge in [-0.2, -0.15) is 13.2 Å². The largest absolute Gasteiger partial charge is 0.417 e. The van der Waals surface area contributed by atoms with Crippen LogP contribution in [0, 0.1) is 0 Å². The van der Waals surface area contributed by atoms with E-state index in [9.17, 15) is 26.4 Å². The number of fused-ring (bicyclic) bond motifs is 1. The van der Waals surface area contributed by atoms with E-state index in [0.717, 1.165) is 19.2 Å². The summed E-state index contributed by atoms with van der Waals surface area (Å²) in [5.41, 5.74) is -1.78. The van der Waals surface area contributed by atoms with Crippen molar-refractivity contribution in [3.63, 3.8) is 0 Å². The minimum absolute atomic E-state index is 0.0712. The molecule has 0 N–H and O–H groups in total. The van der Waals surface area contributed by atoms with Crippen LogP contribution in [0.1, 0.15) is 42.4 Å². The van der Waals surface area contributed by atoms with E-state index in [0.29, 0.717) is 27.6 Å². The summed E-state index contributed by atoms with van der Waals surface area (Å²) >= 11 is 12.0. The van der Waals surface area contributed by atoms with Gasteiger partial charge in [0, 0.05) is 30.5 Å². The number of ether oxygens (including phenoxy) is 1. The molecule has 3 aromatic heterocycles. The van der Waals surface area contributed by atoms with E-state index in [4.69, 9.17) is 27.9 Å². The Hall–Kier alpha value is -2.97. The molecule has 0 atom stereocenters. The first-order chi connectivity index (χ1) is 19.8. The van der Waals surface area contributed by atoms with Crippen LogP contribution < -0.4 is 4.31 Å². The zero-order valence-electron chi connectivity index (χ0n) is 24.1. The van der Waals surface area contributed by atoms with Crippen molar-refractivity contribution in [2.45, 2.75) is 50.0 Å². The monoisotopic (exact) mass is 672 g/mol. The highest BCUT2D eigenvalue weighted by Gasteiger charge is 2.40. The van der Waals surface area contributed by atoms with Crippen molar-refractivity contribution < 1.29 is 31.1 Å². The molecule has 3 heterocycles. The van der Waals surface area contributed by atoms with E-state index in [-0.39, 0.29) is 25.5 Å². The van der Waals surface area contributed by atoms with Gasteiger partial charge >= 0.3 is 6.18 Å². The summed E-state index contributed by atoms with van der Waals surface area (Å²) in [7, 11) is -5.66. The number of rotatable bonds is 8. The number of pyridine rings is 2. The van der Waals surface area contributed by atoms with E-state index < -0.39 is 53.9 Å². The van der Waals surface area contributed by atoms with Crippen LogP contribution in [0.5, 0.6) is 0 Å². The Morgan fingerprint density at radius 3 is 2.30 bits per heavy atom. The van der Waals surface area contributed by atoms with E-state index >= 15 is 0 Å². The minimum atomic E-state index is -4.89. The maximum atomic E-state index is 14.1. The van der Waals surface area contributed by atoms with Crippen molar-refractivity contribution in [3.8, 4) is 0 Å². The summed E-state index contributed by atoms with van der Waals surface area (Å²) in [4.78, 5) is 22.1. The molecule has 4 aromatic rings. The molecule has 0 saturated carbocycles. The van der Waals surface area contributed by atoms with Gasteiger partial charge in [0.05, 0.1) is 26.2 Å². The lowest BCUT2D eigenvalue weighted by Crippen LogP contribution is -2.45. The molecule has 0 unspecified atom stereocenters. The second-order valence-electron chi connectivity index (χ2n) is 11.4. The summed E-state index contributed by atoms with van der Waals surface area (Å²) in [5, 5.41) is 0.351. The lowest BCUT2D eigenvalue weighted by atomic mass is 10.0. The van der Waals surface area contributed by atoms with Gasteiger partial charge in [-0.3, -0.25) is 4.79 Å². The quantitative estimate of drug-likeness (QED) is 0.108. The van der Waals surface area contributed by atoms with Gasteiger partial charge in [-0.05, 0) is 47.6 Å². The van der Waals surface area contributed by atoms with Crippen LogP contribution in [0.2, 0.25) is 28.2 Å². The second kappa shape index (κ2) is 11.5. The van der Waals surface area contributed by atoms with Gasteiger partial charge in [0.15, 0.2) is 8.24 Å². The first kappa shape index (κ1) is 32.9. The van der Waals surface area contributed by atoms with E-state index in [2.05, 4.69) is 48.1 Å². The fraction of sp³-hybridized carbons (Fsp3) is 0.321. The molecule has 0 bridgehead atoms. The third-order valence-corrected chi connectivity index (χ3v) is 15.4. The number of hydrogen-bond acceptors (Lipinski definition) is 6. The molecule has 8 nitrogen and oxygen atoms in total. The minimum Gasteiger partial charge on any atom is -0.363 e. The summed E-state index contributed by atoms with van der Waals surface area (Å²) < 4.78 is 76.8. The highest BCUT2D eigenvalue weighted by molar-refractivity contribution is 7.92. The summed E-state index contributed by atoms with van der Waals surface area (Å²) in [6, 6.07) is 7.15. The van der Waals surface area contributed by atoms with Gasteiger partial charge in [0.1, 0.15) is 18.1 Å². The van der Waals surface area contributed by atoms with Crippen molar-refractivity contribution in [1.29, 1.82) is 0 Å². The summed E-state index contributed by atoms with van der Waals surface area (Å²) in [6.07, 6.45) is -1.12. The van der Waals surface area contributed by atoms with Gasteiger partial charge in [-0.1, -0.05) is 57.1 Å². The molecule has 0 spiro atoms. The zero-order chi connectivity index (χ0) is 32.1. The van der Waals surface area contributed by atoms with Crippen molar-refractivity contribution >= 4 is 64.0 Å². The average Bonchev–Trinajstić information content (AvgIpc) is 3.36. The van der Waals surface area contributed by atoms with Crippen molar-refractivity contribution in [2.75, 3.05) is 18.1 Å². The standard InChI is InChI=1S/C28H29Cl2F3N4O4SSi/c1-27(2,3)43(5,6)37-12-10-20-19(9-11-34-26(20)37)25(38)24-23(13-17(15-35-24)28(31,32)33)36(16-41-4)42(39,40)18-7-8-21(29)22(30)14-18/h7-15H,16H2,1-6H3. The van der Waals surface area contributed by atoms with Gasteiger partial charge < -0.3 is 8.97 Å². The maximum Gasteiger partial charge on any atom is 0.417 e. The lowest BCUT2D eigenvalue weighted by molar-refractivity contribution is -0.137. The SMILES string of the molecule is COCN(c1cc(C(F)(F)F)cnc1C(=O)c1ccnc2c1ccn2[Si](C)(C)C(C)(C)C)S(=O)(=O)c1ccc(Cl)c(Cl)c1. The van der Waals surface area contributed by atoms with Crippen LogP contribution in [-0.4, -0.2) is 50.5 Å². The molecule has 0 radical (unpaired) electrons. The molecule has 0 aliphatic carbocycles. The smallest absolute Gasteiger partial charge is 0.363 e. The van der Waals surface area contributed by atoms with Crippen molar-refractivity contribution in [3.05, 3.63) is 81.9 Å². The number of carbonyl (C=O) groups excluding carboxylic acids is 1. The zero-order valence-corrected chi connectivity index (χ0v) is 27.5. The van der Waals surface area contributed by atoms with E-state index in [1.54, 1.807) is 6.07 Å². The third kappa shape index (κ3) is 6.05. The molecular formula is C28H29Cl2F3N4O4SSi. The Balaban J connectivity index is 1.96. The van der Waals surface area contributed by atoms with Crippen LogP contribution in [0.15, 0.2) is 59.9 Å². The second-order valence-corrected chi connectivity index (χ2v) is 19.1. The fourth-order valence-corrected chi connectivity index (χ4v) is 7.94. The predicted molar refractivity (Wildman–Crippen MR) is 163 cm³/mol. The normalized spacial score (nSPS) is 13.0. The lowest BCUT2D eigenvalue weighted by Gasteiger charge is -2.38. The number of nitrogens with zero attached hydrogens (tertiary/aromatic N) is 4. The summed E-state index contributed by atoms with van der Waals surface area (Å²) in [5.74, 6) is -0.797. The number of methoxy groups -OCH3 is 1. The number of sulfonamides is 1. The molecule has 0 amide bonds.